The van der Waals surface area contributed by atoms with E-state index in [-0.39, 0.29) is 53.3 Å². The number of aromatic nitrogens is 2. The number of carbonyl (C=O) groups excluding carboxylic acids is 1. The molecule has 0 N–H and O–H groups in total. The summed E-state index contributed by atoms with van der Waals surface area (Å²) in [5, 5.41) is 6.56. The minimum absolute atomic E-state index is 0.0888. The Kier molecular flexibility index (Phi) is 8.38. The van der Waals surface area contributed by atoms with Gasteiger partial charge in [0.15, 0.2) is 5.13 Å². The molecule has 3 aliphatic rings. The molecule has 0 radical (unpaired) electrons. The predicted molar refractivity (Wildman–Crippen MR) is 162 cm³/mol. The van der Waals surface area contributed by atoms with Crippen molar-refractivity contribution in [1.82, 2.24) is 10.1 Å². The number of piperidine rings is 1. The quantitative estimate of drug-likeness (QED) is 0.127. The SMILES string of the molecule is COC(=O)c1ccc(-c2csc(N3C4CCC3CC(OCc3c(-c5ccccc5OC(F)(F)F)noc3C3CC3)C4)n2)cc1C(F)(F)F. The fourth-order valence-electron chi connectivity index (χ4n) is 6.73. The van der Waals surface area contributed by atoms with Crippen LogP contribution in [-0.2, 0) is 22.3 Å². The molecule has 254 valence electrons. The second-order valence-corrected chi connectivity index (χ2v) is 13.0. The number of para-hydroxylation sites is 1. The molecule has 8 nitrogen and oxygen atoms in total. The number of carbonyl (C=O) groups is 1. The largest absolute Gasteiger partial charge is 0.573 e. The summed E-state index contributed by atoms with van der Waals surface area (Å²) in [6, 6.07) is 9.45. The van der Waals surface area contributed by atoms with Crippen LogP contribution in [0.3, 0.4) is 0 Å². The molecular formula is C33H29F6N3O5S. The van der Waals surface area contributed by atoms with Crippen molar-refractivity contribution in [2.45, 2.75) is 81.8 Å². The molecule has 0 spiro atoms. The average Bonchev–Trinajstić information content (AvgIpc) is 3.50. The lowest BCUT2D eigenvalue weighted by atomic mass is 9.99. The zero-order chi connectivity index (χ0) is 33.8. The van der Waals surface area contributed by atoms with Crippen molar-refractivity contribution in [2.75, 3.05) is 12.0 Å². The normalized spacial score (nSPS) is 21.1. The van der Waals surface area contributed by atoms with Crippen molar-refractivity contribution >= 4 is 22.4 Å². The van der Waals surface area contributed by atoms with Crippen molar-refractivity contribution in [2.24, 2.45) is 0 Å². The molecule has 1 aliphatic carbocycles. The van der Waals surface area contributed by atoms with Crippen LogP contribution in [0, 0.1) is 0 Å². The molecule has 2 aromatic heterocycles. The Bertz CT molecular complexity index is 1800. The standard InChI is InChI=1S/C33H29F6N3O5S/c1-44-30(43)22-11-8-18(12-25(22)32(34,35)36)26-16-48-31(40-26)42-19-9-10-20(42)14-21(13-19)45-15-24-28(41-47-29(24)17-6-7-17)23-4-2-3-5-27(23)46-33(37,38)39/h2-5,8,11-12,16-17,19-21H,6-7,9-10,13-15H2,1H3. The summed E-state index contributed by atoms with van der Waals surface area (Å²) < 4.78 is 102. The lowest BCUT2D eigenvalue weighted by Crippen LogP contribution is -2.45. The average molecular weight is 694 g/mol. The Labute approximate surface area is 274 Å². The number of hydrogen-bond donors (Lipinski definition) is 0. The highest BCUT2D eigenvalue weighted by atomic mass is 32.1. The van der Waals surface area contributed by atoms with Crippen molar-refractivity contribution < 1.29 is 49.9 Å². The van der Waals surface area contributed by atoms with Gasteiger partial charge in [-0.25, -0.2) is 9.78 Å². The summed E-state index contributed by atoms with van der Waals surface area (Å²) in [5.41, 5.74) is 0.00813. The number of esters is 1. The molecule has 2 bridgehead atoms. The second kappa shape index (κ2) is 12.4. The molecule has 2 aromatic carbocycles. The number of ether oxygens (including phenoxy) is 3. The van der Waals surface area contributed by atoms with E-state index in [4.69, 9.17) is 14.2 Å². The number of anilines is 1. The number of alkyl halides is 6. The molecule has 4 aromatic rings. The van der Waals surface area contributed by atoms with Crippen LogP contribution in [0.4, 0.5) is 31.5 Å². The Hall–Kier alpha value is -4.11. The van der Waals surface area contributed by atoms with Gasteiger partial charge in [0.05, 0.1) is 36.6 Å². The van der Waals surface area contributed by atoms with Crippen molar-refractivity contribution in [3.8, 4) is 28.3 Å². The van der Waals surface area contributed by atoms with Gasteiger partial charge < -0.3 is 23.6 Å². The molecule has 48 heavy (non-hydrogen) atoms. The van der Waals surface area contributed by atoms with E-state index < -0.39 is 29.6 Å². The summed E-state index contributed by atoms with van der Waals surface area (Å²) in [7, 11) is 1.03. The maximum atomic E-state index is 13.8. The monoisotopic (exact) mass is 693 g/mol. The van der Waals surface area contributed by atoms with E-state index in [1.165, 1.54) is 35.6 Å². The first-order valence-electron chi connectivity index (χ1n) is 15.4. The van der Waals surface area contributed by atoms with Gasteiger partial charge in [0.25, 0.3) is 0 Å². The van der Waals surface area contributed by atoms with E-state index >= 15 is 0 Å². The summed E-state index contributed by atoms with van der Waals surface area (Å²) in [6.45, 7) is 0.111. The lowest BCUT2D eigenvalue weighted by molar-refractivity contribution is -0.274. The molecule has 0 amide bonds. The van der Waals surface area contributed by atoms with E-state index in [9.17, 15) is 31.1 Å². The van der Waals surface area contributed by atoms with E-state index in [1.807, 2.05) is 0 Å². The molecule has 15 heteroatoms. The van der Waals surface area contributed by atoms with Crippen LogP contribution in [0.2, 0.25) is 0 Å². The van der Waals surface area contributed by atoms with E-state index in [2.05, 4.69) is 19.5 Å². The van der Waals surface area contributed by atoms with Crippen LogP contribution in [0.5, 0.6) is 5.75 Å². The van der Waals surface area contributed by atoms with Crippen LogP contribution in [0.1, 0.15) is 71.7 Å². The molecular weight excluding hydrogens is 664 g/mol. The predicted octanol–water partition coefficient (Wildman–Crippen LogP) is 8.76. The van der Waals surface area contributed by atoms with Gasteiger partial charge in [-0.3, -0.25) is 0 Å². The van der Waals surface area contributed by atoms with Crippen LogP contribution in [-0.4, -0.2) is 47.8 Å². The third-order valence-electron chi connectivity index (χ3n) is 9.03. The molecule has 2 aliphatic heterocycles. The molecule has 2 unspecified atom stereocenters. The zero-order valence-corrected chi connectivity index (χ0v) is 26.3. The summed E-state index contributed by atoms with van der Waals surface area (Å²) in [6.07, 6.45) is -4.86. The van der Waals surface area contributed by atoms with Crippen molar-refractivity contribution in [1.29, 1.82) is 0 Å². The number of thiazole rings is 1. The van der Waals surface area contributed by atoms with Crippen LogP contribution in [0.15, 0.2) is 52.4 Å². The number of halogens is 6. The second-order valence-electron chi connectivity index (χ2n) is 12.2. The Morgan fingerprint density at radius 3 is 2.42 bits per heavy atom. The first-order valence-corrected chi connectivity index (χ1v) is 16.3. The van der Waals surface area contributed by atoms with Gasteiger partial charge >= 0.3 is 18.5 Å². The highest BCUT2D eigenvalue weighted by molar-refractivity contribution is 7.14. The molecule has 3 fully saturated rings. The van der Waals surface area contributed by atoms with Gasteiger partial charge in [-0.1, -0.05) is 23.4 Å². The number of rotatable bonds is 9. The number of nitrogens with zero attached hydrogens (tertiary/aromatic N) is 3. The first-order chi connectivity index (χ1) is 22.9. The first kappa shape index (κ1) is 32.4. The van der Waals surface area contributed by atoms with Crippen LogP contribution in [0.25, 0.3) is 22.5 Å². The third kappa shape index (κ3) is 6.49. The maximum Gasteiger partial charge on any atom is 0.573 e. The Morgan fingerprint density at radius 1 is 1.02 bits per heavy atom. The van der Waals surface area contributed by atoms with Gasteiger partial charge in [-0.2, -0.15) is 13.2 Å². The minimum Gasteiger partial charge on any atom is -0.465 e. The third-order valence-corrected chi connectivity index (χ3v) is 9.88. The molecule has 4 heterocycles. The van der Waals surface area contributed by atoms with E-state index in [1.54, 1.807) is 11.4 Å². The highest BCUT2D eigenvalue weighted by Crippen LogP contribution is 2.47. The highest BCUT2D eigenvalue weighted by Gasteiger charge is 2.43. The molecule has 1 saturated carbocycles. The molecule has 7 rings (SSSR count). The summed E-state index contributed by atoms with van der Waals surface area (Å²) >= 11 is 1.34. The van der Waals surface area contributed by atoms with Crippen LogP contribution < -0.4 is 9.64 Å². The van der Waals surface area contributed by atoms with Gasteiger partial charge in [0.1, 0.15) is 17.2 Å². The van der Waals surface area contributed by atoms with Gasteiger partial charge in [-0.15, -0.1) is 24.5 Å². The Balaban J connectivity index is 1.07. The summed E-state index contributed by atoms with van der Waals surface area (Å²) in [4.78, 5) is 18.9. The van der Waals surface area contributed by atoms with Gasteiger partial charge in [0, 0.05) is 40.1 Å². The molecule has 2 saturated heterocycles. The Morgan fingerprint density at radius 2 is 1.75 bits per heavy atom. The lowest BCUT2D eigenvalue weighted by Gasteiger charge is -2.38. The molecule has 2 atom stereocenters. The fourth-order valence-corrected chi connectivity index (χ4v) is 7.71. The van der Waals surface area contributed by atoms with Crippen molar-refractivity contribution in [3.63, 3.8) is 0 Å². The smallest absolute Gasteiger partial charge is 0.465 e. The zero-order valence-electron chi connectivity index (χ0n) is 25.4. The van der Waals surface area contributed by atoms with E-state index in [0.717, 1.165) is 44.9 Å². The number of benzene rings is 2. The number of methoxy groups -OCH3 is 1. The van der Waals surface area contributed by atoms with Gasteiger partial charge in [-0.05, 0) is 62.8 Å². The van der Waals surface area contributed by atoms with Crippen molar-refractivity contribution in [3.05, 3.63) is 70.3 Å². The summed E-state index contributed by atoms with van der Waals surface area (Å²) in [5.74, 6) is -0.679. The minimum atomic E-state index is -4.87. The number of fused-ring (bicyclic) bond motifs is 2. The van der Waals surface area contributed by atoms with E-state index in [0.29, 0.717) is 35.0 Å². The fraction of sp³-hybridized carbons (Fsp3) is 0.424. The van der Waals surface area contributed by atoms with Gasteiger partial charge in [0.2, 0.25) is 0 Å². The number of hydrogen-bond acceptors (Lipinski definition) is 9. The van der Waals surface area contributed by atoms with Crippen LogP contribution >= 0.6 is 11.3 Å². The topological polar surface area (TPSA) is 86.9 Å². The maximum absolute atomic E-state index is 13.8.